The summed E-state index contributed by atoms with van der Waals surface area (Å²) in [5, 5.41) is 6.43. The largest absolute Gasteiger partial charge is 0.493 e. The predicted octanol–water partition coefficient (Wildman–Crippen LogP) is 2.78. The number of amides is 2. The molecule has 1 fully saturated rings. The van der Waals surface area contributed by atoms with Gasteiger partial charge in [-0.25, -0.2) is 5.43 Å². The molecule has 31 heavy (non-hydrogen) atoms. The van der Waals surface area contributed by atoms with Gasteiger partial charge in [-0.3, -0.25) is 9.59 Å². The van der Waals surface area contributed by atoms with E-state index in [0.29, 0.717) is 36.8 Å². The summed E-state index contributed by atoms with van der Waals surface area (Å²) < 4.78 is 17.7. The molecule has 0 radical (unpaired) electrons. The lowest BCUT2D eigenvalue weighted by molar-refractivity contribution is -0.139. The topological polar surface area (TPSA) is 98.2 Å². The number of hydrogen-bond donors (Lipinski definition) is 2. The van der Waals surface area contributed by atoms with E-state index in [0.717, 1.165) is 22.9 Å². The number of ether oxygens (including phenoxy) is 3. The second-order valence-electron chi connectivity index (χ2n) is 6.84. The van der Waals surface area contributed by atoms with Crippen LogP contribution in [-0.2, 0) is 20.9 Å². The number of nitrogens with one attached hydrogen (secondary N) is 2. The van der Waals surface area contributed by atoms with Crippen LogP contribution in [0.1, 0.15) is 24.0 Å². The zero-order chi connectivity index (χ0) is 22.1. The first kappa shape index (κ1) is 22.8. The SMILES string of the molecule is COc1cccc(/C=N\NC(=O)C(=O)NC[C@H]2CCCO2)c1OCc1ccc(Br)cc1. The summed E-state index contributed by atoms with van der Waals surface area (Å²) in [5.41, 5.74) is 3.80. The lowest BCUT2D eigenvalue weighted by atomic mass is 10.2. The standard InChI is InChI=1S/C22H24BrN3O5/c1-29-19-6-2-4-16(20(19)31-14-15-7-9-17(23)10-8-15)12-25-26-22(28)21(27)24-13-18-5-3-11-30-18/h2,4,6-10,12,18H,3,5,11,13-14H2,1H3,(H,24,27)(H,26,28)/b25-12-/t18-/m1/s1. The van der Waals surface area contributed by atoms with Crippen molar-refractivity contribution >= 4 is 34.0 Å². The Hall–Kier alpha value is -2.91. The lowest BCUT2D eigenvalue weighted by Crippen LogP contribution is -2.41. The van der Waals surface area contributed by atoms with Gasteiger partial charge in [-0.05, 0) is 42.7 Å². The summed E-state index contributed by atoms with van der Waals surface area (Å²) in [6, 6.07) is 13.1. The van der Waals surface area contributed by atoms with Crippen LogP contribution in [0.25, 0.3) is 0 Å². The molecule has 2 aromatic carbocycles. The van der Waals surface area contributed by atoms with Crippen LogP contribution < -0.4 is 20.2 Å². The van der Waals surface area contributed by atoms with E-state index in [2.05, 4.69) is 31.8 Å². The van der Waals surface area contributed by atoms with Crippen molar-refractivity contribution in [2.45, 2.75) is 25.6 Å². The van der Waals surface area contributed by atoms with Crippen LogP contribution in [0.2, 0.25) is 0 Å². The number of carbonyl (C=O) groups excluding carboxylic acids is 2. The van der Waals surface area contributed by atoms with E-state index < -0.39 is 11.8 Å². The minimum absolute atomic E-state index is 0.0394. The monoisotopic (exact) mass is 489 g/mol. The Balaban J connectivity index is 1.59. The Kier molecular flexibility index (Phi) is 8.43. The molecule has 1 aliphatic rings. The number of methoxy groups -OCH3 is 1. The number of hydrogen-bond acceptors (Lipinski definition) is 6. The number of halogens is 1. The summed E-state index contributed by atoms with van der Waals surface area (Å²) in [7, 11) is 1.54. The van der Waals surface area contributed by atoms with Gasteiger partial charge in [0.25, 0.3) is 0 Å². The zero-order valence-corrected chi connectivity index (χ0v) is 18.7. The predicted molar refractivity (Wildman–Crippen MR) is 119 cm³/mol. The van der Waals surface area contributed by atoms with Gasteiger partial charge in [-0.1, -0.05) is 34.1 Å². The fraction of sp³-hybridized carbons (Fsp3) is 0.318. The molecule has 164 valence electrons. The van der Waals surface area contributed by atoms with E-state index in [1.807, 2.05) is 24.3 Å². The van der Waals surface area contributed by atoms with Gasteiger partial charge in [0.2, 0.25) is 0 Å². The number of rotatable bonds is 8. The minimum Gasteiger partial charge on any atom is -0.493 e. The molecule has 9 heteroatoms. The molecule has 0 unspecified atom stereocenters. The fourth-order valence-corrected chi connectivity index (χ4v) is 3.25. The molecular formula is C22H24BrN3O5. The van der Waals surface area contributed by atoms with Crippen molar-refractivity contribution in [3.63, 3.8) is 0 Å². The minimum atomic E-state index is -0.852. The van der Waals surface area contributed by atoms with Gasteiger partial charge in [-0.2, -0.15) is 5.10 Å². The van der Waals surface area contributed by atoms with Crippen molar-refractivity contribution in [3.8, 4) is 11.5 Å². The Morgan fingerprint density at radius 1 is 1.23 bits per heavy atom. The third-order valence-corrected chi connectivity index (χ3v) is 5.14. The number of hydrazone groups is 1. The molecule has 1 saturated heterocycles. The zero-order valence-electron chi connectivity index (χ0n) is 17.1. The summed E-state index contributed by atoms with van der Waals surface area (Å²) >= 11 is 3.41. The Morgan fingerprint density at radius 3 is 2.74 bits per heavy atom. The molecule has 2 N–H and O–H groups in total. The van der Waals surface area contributed by atoms with Crippen LogP contribution in [0.3, 0.4) is 0 Å². The van der Waals surface area contributed by atoms with Gasteiger partial charge < -0.3 is 19.5 Å². The molecule has 1 aliphatic heterocycles. The van der Waals surface area contributed by atoms with Crippen LogP contribution in [0.5, 0.6) is 11.5 Å². The maximum atomic E-state index is 11.9. The third kappa shape index (κ3) is 6.80. The van der Waals surface area contributed by atoms with Crippen molar-refractivity contribution in [1.82, 2.24) is 10.7 Å². The van der Waals surface area contributed by atoms with E-state index in [-0.39, 0.29) is 6.10 Å². The molecule has 8 nitrogen and oxygen atoms in total. The summed E-state index contributed by atoms with van der Waals surface area (Å²) in [4.78, 5) is 23.8. The maximum absolute atomic E-state index is 11.9. The Labute approximate surface area is 189 Å². The molecule has 0 bridgehead atoms. The molecule has 0 aliphatic carbocycles. The summed E-state index contributed by atoms with van der Waals surface area (Å²) in [6.45, 7) is 1.32. The van der Waals surface area contributed by atoms with Gasteiger partial charge in [0.1, 0.15) is 6.61 Å². The third-order valence-electron chi connectivity index (χ3n) is 4.62. The summed E-state index contributed by atoms with van der Waals surface area (Å²) in [5.74, 6) is -0.602. The second-order valence-corrected chi connectivity index (χ2v) is 7.75. The first-order valence-electron chi connectivity index (χ1n) is 9.84. The fourth-order valence-electron chi connectivity index (χ4n) is 2.99. The maximum Gasteiger partial charge on any atom is 0.329 e. The van der Waals surface area contributed by atoms with Gasteiger partial charge in [0, 0.05) is 23.2 Å². The highest BCUT2D eigenvalue weighted by molar-refractivity contribution is 9.10. The summed E-state index contributed by atoms with van der Waals surface area (Å²) in [6.07, 6.45) is 3.20. The first-order chi connectivity index (χ1) is 15.1. The molecule has 0 saturated carbocycles. The first-order valence-corrected chi connectivity index (χ1v) is 10.6. The van der Waals surface area contributed by atoms with Gasteiger partial charge in [0.15, 0.2) is 11.5 Å². The molecule has 1 heterocycles. The van der Waals surface area contributed by atoms with Gasteiger partial charge in [0.05, 0.1) is 19.4 Å². The quantitative estimate of drug-likeness (QED) is 0.337. The lowest BCUT2D eigenvalue weighted by Gasteiger charge is -2.13. The van der Waals surface area contributed by atoms with E-state index in [1.165, 1.54) is 6.21 Å². The van der Waals surface area contributed by atoms with Gasteiger partial charge >= 0.3 is 11.8 Å². The molecular weight excluding hydrogens is 466 g/mol. The van der Waals surface area contributed by atoms with Crippen molar-refractivity contribution in [1.29, 1.82) is 0 Å². The Bertz CT molecular complexity index is 927. The van der Waals surface area contributed by atoms with Crippen LogP contribution >= 0.6 is 15.9 Å². The molecule has 2 aromatic rings. The molecule has 0 spiro atoms. The van der Waals surface area contributed by atoms with Crippen molar-refractivity contribution in [2.24, 2.45) is 5.10 Å². The molecule has 2 amide bonds. The van der Waals surface area contributed by atoms with E-state index in [4.69, 9.17) is 14.2 Å². The molecule has 3 rings (SSSR count). The highest BCUT2D eigenvalue weighted by atomic mass is 79.9. The molecule has 1 atom stereocenters. The highest BCUT2D eigenvalue weighted by Gasteiger charge is 2.19. The van der Waals surface area contributed by atoms with Crippen LogP contribution in [0.15, 0.2) is 52.0 Å². The Morgan fingerprint density at radius 2 is 2.03 bits per heavy atom. The van der Waals surface area contributed by atoms with E-state index in [9.17, 15) is 9.59 Å². The second kappa shape index (κ2) is 11.5. The average molecular weight is 490 g/mol. The number of carbonyl (C=O) groups is 2. The number of para-hydroxylation sites is 1. The van der Waals surface area contributed by atoms with Crippen molar-refractivity contribution in [2.75, 3.05) is 20.3 Å². The average Bonchev–Trinajstić information content (AvgIpc) is 3.31. The number of benzene rings is 2. The normalized spacial score (nSPS) is 15.6. The van der Waals surface area contributed by atoms with Crippen LogP contribution in [0, 0.1) is 0 Å². The van der Waals surface area contributed by atoms with E-state index >= 15 is 0 Å². The van der Waals surface area contributed by atoms with Gasteiger partial charge in [-0.15, -0.1) is 0 Å². The van der Waals surface area contributed by atoms with Crippen molar-refractivity contribution in [3.05, 3.63) is 58.1 Å². The van der Waals surface area contributed by atoms with Crippen LogP contribution in [0.4, 0.5) is 0 Å². The molecule has 0 aromatic heterocycles. The van der Waals surface area contributed by atoms with Crippen molar-refractivity contribution < 1.29 is 23.8 Å². The van der Waals surface area contributed by atoms with E-state index in [1.54, 1.807) is 25.3 Å². The van der Waals surface area contributed by atoms with Crippen LogP contribution in [-0.4, -0.2) is 44.4 Å². The number of nitrogens with zero attached hydrogens (tertiary/aromatic N) is 1. The highest BCUT2D eigenvalue weighted by Crippen LogP contribution is 2.31. The smallest absolute Gasteiger partial charge is 0.329 e.